The highest BCUT2D eigenvalue weighted by Crippen LogP contribution is 2.34. The molecule has 0 saturated heterocycles. The molecule has 0 spiro atoms. The number of hydrogen-bond donors (Lipinski definition) is 1. The van der Waals surface area contributed by atoms with Crippen molar-refractivity contribution in [1.29, 1.82) is 0 Å². The van der Waals surface area contributed by atoms with E-state index in [9.17, 15) is 4.79 Å². The zero-order chi connectivity index (χ0) is 15.8. The minimum absolute atomic E-state index is 0.179. The van der Waals surface area contributed by atoms with Crippen molar-refractivity contribution in [3.05, 3.63) is 42.0 Å². The van der Waals surface area contributed by atoms with Crippen LogP contribution in [0.2, 0.25) is 0 Å². The molecule has 3 aromatic rings. The van der Waals surface area contributed by atoms with E-state index in [2.05, 4.69) is 10.3 Å². The number of aromatic nitrogens is 1. The van der Waals surface area contributed by atoms with Crippen LogP contribution in [-0.4, -0.2) is 24.8 Å². The van der Waals surface area contributed by atoms with Crippen LogP contribution < -0.4 is 19.5 Å². The molecule has 0 unspecified atom stereocenters. The lowest BCUT2D eigenvalue weighted by molar-refractivity contribution is 0.102. The quantitative estimate of drug-likeness (QED) is 0.799. The van der Waals surface area contributed by atoms with Gasteiger partial charge >= 0.3 is 0 Å². The van der Waals surface area contributed by atoms with Gasteiger partial charge in [-0.1, -0.05) is 17.4 Å². The number of thiazole rings is 1. The third-order valence-corrected chi connectivity index (χ3v) is 4.39. The van der Waals surface area contributed by atoms with E-state index in [0.717, 1.165) is 10.2 Å². The number of carbonyl (C=O) groups is 1. The van der Waals surface area contributed by atoms with Gasteiger partial charge in [-0.3, -0.25) is 10.1 Å². The first kappa shape index (κ1) is 13.8. The van der Waals surface area contributed by atoms with Crippen LogP contribution in [-0.2, 0) is 0 Å². The normalized spacial score (nSPS) is 12.4. The Balaban J connectivity index is 1.61. The number of anilines is 1. The van der Waals surface area contributed by atoms with Crippen LogP contribution in [0.3, 0.4) is 0 Å². The van der Waals surface area contributed by atoms with Crippen molar-refractivity contribution in [1.82, 2.24) is 4.98 Å². The van der Waals surface area contributed by atoms with Gasteiger partial charge in [-0.15, -0.1) is 0 Å². The standard InChI is InChI=1S/C16H12N2O4S/c1-20-11-3-2-4-13-14(11)17-16(23-13)18-15(19)9-5-6-10-12(7-9)22-8-21-10/h2-7H,8H2,1H3,(H,17,18,19). The maximum atomic E-state index is 12.4. The van der Waals surface area contributed by atoms with Gasteiger partial charge in [0.15, 0.2) is 16.6 Å². The molecular weight excluding hydrogens is 316 g/mol. The van der Waals surface area contributed by atoms with E-state index in [0.29, 0.717) is 27.9 Å². The fourth-order valence-corrected chi connectivity index (χ4v) is 3.23. The van der Waals surface area contributed by atoms with Crippen molar-refractivity contribution in [2.75, 3.05) is 19.2 Å². The fraction of sp³-hybridized carbons (Fsp3) is 0.125. The highest BCUT2D eigenvalue weighted by atomic mass is 32.1. The number of nitrogens with one attached hydrogen (secondary N) is 1. The summed E-state index contributed by atoms with van der Waals surface area (Å²) in [5.41, 5.74) is 1.22. The number of nitrogens with zero attached hydrogens (tertiary/aromatic N) is 1. The first-order valence-corrected chi connectivity index (χ1v) is 7.71. The number of fused-ring (bicyclic) bond motifs is 2. The molecule has 4 rings (SSSR count). The zero-order valence-corrected chi connectivity index (χ0v) is 13.0. The molecule has 1 aromatic heterocycles. The summed E-state index contributed by atoms with van der Waals surface area (Å²) in [6, 6.07) is 10.7. The lowest BCUT2D eigenvalue weighted by Crippen LogP contribution is -2.11. The molecule has 0 atom stereocenters. The molecule has 1 aliphatic rings. The van der Waals surface area contributed by atoms with Crippen LogP contribution in [0.4, 0.5) is 5.13 Å². The number of amides is 1. The van der Waals surface area contributed by atoms with Gasteiger partial charge < -0.3 is 14.2 Å². The Morgan fingerprint density at radius 1 is 1.26 bits per heavy atom. The Hall–Kier alpha value is -2.80. The van der Waals surface area contributed by atoms with Gasteiger partial charge in [0.05, 0.1) is 11.8 Å². The fourth-order valence-electron chi connectivity index (χ4n) is 2.35. The van der Waals surface area contributed by atoms with E-state index in [4.69, 9.17) is 14.2 Å². The van der Waals surface area contributed by atoms with Gasteiger partial charge in [0.25, 0.3) is 5.91 Å². The van der Waals surface area contributed by atoms with E-state index in [1.54, 1.807) is 25.3 Å². The molecule has 0 bridgehead atoms. The van der Waals surface area contributed by atoms with Gasteiger partial charge in [-0.05, 0) is 30.3 Å². The largest absolute Gasteiger partial charge is 0.494 e. The third kappa shape index (κ3) is 2.44. The molecule has 116 valence electrons. The molecule has 1 aliphatic heterocycles. The monoisotopic (exact) mass is 328 g/mol. The lowest BCUT2D eigenvalue weighted by atomic mass is 10.2. The molecule has 1 N–H and O–H groups in total. The first-order chi connectivity index (χ1) is 11.2. The van der Waals surface area contributed by atoms with Gasteiger partial charge in [0, 0.05) is 5.56 Å². The van der Waals surface area contributed by atoms with Crippen molar-refractivity contribution >= 4 is 32.6 Å². The molecule has 2 heterocycles. The molecule has 23 heavy (non-hydrogen) atoms. The lowest BCUT2D eigenvalue weighted by Gasteiger charge is -2.03. The maximum Gasteiger partial charge on any atom is 0.257 e. The number of carbonyl (C=O) groups excluding carboxylic acids is 1. The number of methoxy groups -OCH3 is 1. The zero-order valence-electron chi connectivity index (χ0n) is 12.2. The van der Waals surface area contributed by atoms with Crippen LogP contribution in [0.1, 0.15) is 10.4 Å². The molecule has 0 saturated carbocycles. The summed E-state index contributed by atoms with van der Waals surface area (Å²) >= 11 is 1.40. The summed E-state index contributed by atoms with van der Waals surface area (Å²) in [6.45, 7) is 0.179. The second-order valence-corrected chi connectivity index (χ2v) is 5.88. The number of ether oxygens (including phenoxy) is 3. The molecule has 1 amide bonds. The smallest absolute Gasteiger partial charge is 0.257 e. The summed E-state index contributed by atoms with van der Waals surface area (Å²) in [5.74, 6) is 1.65. The van der Waals surface area contributed by atoms with Crippen LogP contribution in [0.25, 0.3) is 10.2 Å². The number of hydrogen-bond acceptors (Lipinski definition) is 6. The van der Waals surface area contributed by atoms with Crippen molar-refractivity contribution in [3.8, 4) is 17.2 Å². The molecular formula is C16H12N2O4S. The SMILES string of the molecule is COc1cccc2sc(NC(=O)c3ccc4c(c3)OCO4)nc12. The predicted molar refractivity (Wildman–Crippen MR) is 86.7 cm³/mol. The van der Waals surface area contributed by atoms with E-state index >= 15 is 0 Å². The number of rotatable bonds is 3. The summed E-state index contributed by atoms with van der Waals surface area (Å²) < 4.78 is 16.8. The second-order valence-electron chi connectivity index (χ2n) is 4.85. The summed E-state index contributed by atoms with van der Waals surface area (Å²) in [7, 11) is 1.60. The van der Waals surface area contributed by atoms with Gasteiger partial charge in [-0.2, -0.15) is 0 Å². The molecule has 7 heteroatoms. The minimum atomic E-state index is -0.249. The van der Waals surface area contributed by atoms with Crippen LogP contribution in [0.15, 0.2) is 36.4 Å². The number of benzene rings is 2. The topological polar surface area (TPSA) is 69.7 Å². The van der Waals surface area contributed by atoms with Gasteiger partial charge in [-0.25, -0.2) is 4.98 Å². The number of para-hydroxylation sites is 1. The minimum Gasteiger partial charge on any atom is -0.494 e. The molecule has 0 aliphatic carbocycles. The maximum absolute atomic E-state index is 12.4. The van der Waals surface area contributed by atoms with E-state index < -0.39 is 0 Å². The first-order valence-electron chi connectivity index (χ1n) is 6.89. The average molecular weight is 328 g/mol. The van der Waals surface area contributed by atoms with E-state index in [1.807, 2.05) is 18.2 Å². The molecule has 0 fully saturated rings. The Kier molecular flexibility index (Phi) is 3.27. The Morgan fingerprint density at radius 3 is 3.00 bits per heavy atom. The highest BCUT2D eigenvalue weighted by molar-refractivity contribution is 7.22. The Labute approximate surface area is 135 Å². The van der Waals surface area contributed by atoms with Crippen LogP contribution in [0.5, 0.6) is 17.2 Å². The van der Waals surface area contributed by atoms with Crippen molar-refractivity contribution in [2.45, 2.75) is 0 Å². The van der Waals surface area contributed by atoms with E-state index in [-0.39, 0.29) is 12.7 Å². The van der Waals surface area contributed by atoms with Crippen LogP contribution >= 0.6 is 11.3 Å². The highest BCUT2D eigenvalue weighted by Gasteiger charge is 2.17. The predicted octanol–water partition coefficient (Wildman–Crippen LogP) is 3.29. The van der Waals surface area contributed by atoms with Crippen molar-refractivity contribution in [3.63, 3.8) is 0 Å². The molecule has 2 aromatic carbocycles. The summed E-state index contributed by atoms with van der Waals surface area (Å²) in [6.07, 6.45) is 0. The van der Waals surface area contributed by atoms with Gasteiger partial charge in [0.1, 0.15) is 11.3 Å². The molecule has 6 nitrogen and oxygen atoms in total. The van der Waals surface area contributed by atoms with Crippen LogP contribution in [0, 0.1) is 0 Å². The average Bonchev–Trinajstić information content (AvgIpc) is 3.19. The van der Waals surface area contributed by atoms with Crippen molar-refractivity contribution in [2.24, 2.45) is 0 Å². The Morgan fingerprint density at radius 2 is 2.13 bits per heavy atom. The summed E-state index contributed by atoms with van der Waals surface area (Å²) in [5, 5.41) is 3.33. The van der Waals surface area contributed by atoms with Gasteiger partial charge in [0.2, 0.25) is 6.79 Å². The third-order valence-electron chi connectivity index (χ3n) is 3.46. The Bertz CT molecular complexity index is 906. The molecule has 0 radical (unpaired) electrons. The second kappa shape index (κ2) is 5.44. The summed E-state index contributed by atoms with van der Waals surface area (Å²) in [4.78, 5) is 16.8. The van der Waals surface area contributed by atoms with Crippen molar-refractivity contribution < 1.29 is 19.0 Å². The van der Waals surface area contributed by atoms with E-state index in [1.165, 1.54) is 11.3 Å².